The lowest BCUT2D eigenvalue weighted by atomic mass is 10.1. The highest BCUT2D eigenvalue weighted by Crippen LogP contribution is 2.14. The van der Waals surface area contributed by atoms with E-state index in [1.54, 1.807) is 6.07 Å². The summed E-state index contributed by atoms with van der Waals surface area (Å²) in [6.45, 7) is 5.91. The summed E-state index contributed by atoms with van der Waals surface area (Å²) in [4.78, 5) is 2.46. The van der Waals surface area contributed by atoms with Crippen LogP contribution < -0.4 is 5.73 Å². The van der Waals surface area contributed by atoms with Crippen molar-refractivity contribution in [1.82, 2.24) is 4.90 Å². The smallest absolute Gasteiger partial charge is 0.123 e. The van der Waals surface area contributed by atoms with Gasteiger partial charge in [0.2, 0.25) is 0 Å². The molecule has 0 aromatic heterocycles. The van der Waals surface area contributed by atoms with Gasteiger partial charge >= 0.3 is 0 Å². The van der Waals surface area contributed by atoms with Crippen LogP contribution in [0.4, 0.5) is 4.39 Å². The molecule has 0 fully saturated rings. The Labute approximate surface area is 108 Å². The number of hydrogen-bond acceptors (Lipinski definition) is 2. The maximum atomic E-state index is 13.2. The topological polar surface area (TPSA) is 29.3 Å². The molecule has 0 radical (unpaired) electrons. The van der Waals surface area contributed by atoms with Crippen LogP contribution in [-0.4, -0.2) is 23.5 Å². The molecule has 2 N–H and O–H groups in total. The van der Waals surface area contributed by atoms with E-state index in [1.165, 1.54) is 12.1 Å². The summed E-state index contributed by atoms with van der Waals surface area (Å²) in [7, 11) is 2.01. The van der Waals surface area contributed by atoms with Crippen LogP contribution in [0.15, 0.2) is 18.2 Å². The fraction of sp³-hybridized carbons (Fsp3) is 0.462. The molecule has 0 spiro atoms. The monoisotopic (exact) mass is 254 g/mol. The number of thiocarbonyl (C=S) groups is 1. The minimum absolute atomic E-state index is 0.252. The average molecular weight is 254 g/mol. The second-order valence-electron chi connectivity index (χ2n) is 4.76. The second-order valence-corrected chi connectivity index (χ2v) is 5.20. The summed E-state index contributed by atoms with van der Waals surface area (Å²) in [5.74, 6) is 0.319. The van der Waals surface area contributed by atoms with Crippen LogP contribution in [0, 0.1) is 11.7 Å². The van der Waals surface area contributed by atoms with Gasteiger partial charge < -0.3 is 10.6 Å². The Morgan fingerprint density at radius 1 is 1.47 bits per heavy atom. The summed E-state index contributed by atoms with van der Waals surface area (Å²) in [5.41, 5.74) is 7.24. The van der Waals surface area contributed by atoms with E-state index in [0.717, 1.165) is 17.7 Å². The Balaban J connectivity index is 2.88. The van der Waals surface area contributed by atoms with Crippen molar-refractivity contribution in [1.29, 1.82) is 0 Å². The minimum Gasteiger partial charge on any atom is -0.389 e. The molecule has 0 aliphatic heterocycles. The zero-order valence-corrected chi connectivity index (χ0v) is 11.4. The first kappa shape index (κ1) is 14.1. The first-order valence-corrected chi connectivity index (χ1v) is 6.07. The van der Waals surface area contributed by atoms with Crippen LogP contribution in [0.3, 0.4) is 0 Å². The lowest BCUT2D eigenvalue weighted by molar-refractivity contribution is 0.288. The van der Waals surface area contributed by atoms with E-state index in [9.17, 15) is 4.39 Å². The van der Waals surface area contributed by atoms with Crippen LogP contribution in [0.5, 0.6) is 0 Å². The molecule has 0 aliphatic carbocycles. The summed E-state index contributed by atoms with van der Waals surface area (Å²) >= 11 is 4.97. The Hall–Kier alpha value is -1.00. The fourth-order valence-corrected chi connectivity index (χ4v) is 2.11. The van der Waals surface area contributed by atoms with Gasteiger partial charge in [0.15, 0.2) is 0 Å². The fourth-order valence-electron chi connectivity index (χ4n) is 1.91. The molecule has 0 saturated carbocycles. The van der Waals surface area contributed by atoms with Crippen LogP contribution in [0.25, 0.3) is 0 Å². The SMILES string of the molecule is CC(C)CN(C)Cc1cc(F)ccc1C(N)=S. The Morgan fingerprint density at radius 2 is 2.12 bits per heavy atom. The quantitative estimate of drug-likeness (QED) is 0.819. The molecule has 0 heterocycles. The van der Waals surface area contributed by atoms with Gasteiger partial charge in [-0.2, -0.15) is 0 Å². The van der Waals surface area contributed by atoms with E-state index in [2.05, 4.69) is 18.7 Å². The number of nitrogens with zero attached hydrogens (tertiary/aromatic N) is 1. The highest BCUT2D eigenvalue weighted by molar-refractivity contribution is 7.80. The average Bonchev–Trinajstić information content (AvgIpc) is 2.15. The van der Waals surface area contributed by atoms with Gasteiger partial charge in [-0.1, -0.05) is 26.1 Å². The van der Waals surface area contributed by atoms with Gasteiger partial charge in [-0.25, -0.2) is 4.39 Å². The molecule has 2 nitrogen and oxygen atoms in total. The third kappa shape index (κ3) is 4.40. The van der Waals surface area contributed by atoms with Crippen LogP contribution in [0.2, 0.25) is 0 Å². The summed E-state index contributed by atoms with van der Waals surface area (Å²) in [5, 5.41) is 0. The van der Waals surface area contributed by atoms with Crippen LogP contribution in [-0.2, 0) is 6.54 Å². The molecule has 0 atom stereocenters. The zero-order chi connectivity index (χ0) is 13.0. The number of halogens is 1. The van der Waals surface area contributed by atoms with Gasteiger partial charge in [0.05, 0.1) is 0 Å². The van der Waals surface area contributed by atoms with Crippen molar-refractivity contribution in [2.45, 2.75) is 20.4 Å². The van der Waals surface area contributed by atoms with Gasteiger partial charge in [0.1, 0.15) is 10.8 Å². The van der Waals surface area contributed by atoms with E-state index in [-0.39, 0.29) is 5.82 Å². The van der Waals surface area contributed by atoms with Crippen molar-refractivity contribution < 1.29 is 4.39 Å². The number of hydrogen-bond donors (Lipinski definition) is 1. The van der Waals surface area contributed by atoms with Crippen molar-refractivity contribution in [3.63, 3.8) is 0 Å². The molecular formula is C13H19FN2S. The van der Waals surface area contributed by atoms with E-state index >= 15 is 0 Å². The second kappa shape index (κ2) is 6.07. The summed E-state index contributed by atoms with van der Waals surface area (Å²) in [6.07, 6.45) is 0. The normalized spacial score (nSPS) is 11.2. The van der Waals surface area contributed by atoms with Gasteiger partial charge in [0.25, 0.3) is 0 Å². The molecule has 1 aromatic rings. The molecule has 0 aliphatic rings. The minimum atomic E-state index is -0.252. The van der Waals surface area contributed by atoms with Gasteiger partial charge in [0, 0.05) is 18.7 Å². The van der Waals surface area contributed by atoms with E-state index in [0.29, 0.717) is 17.5 Å². The predicted octanol–water partition coefficient (Wildman–Crippen LogP) is 2.55. The Kier molecular flexibility index (Phi) is 5.02. The maximum absolute atomic E-state index is 13.2. The first-order chi connectivity index (χ1) is 7.90. The maximum Gasteiger partial charge on any atom is 0.123 e. The van der Waals surface area contributed by atoms with E-state index in [4.69, 9.17) is 18.0 Å². The molecule has 0 bridgehead atoms. The first-order valence-electron chi connectivity index (χ1n) is 5.67. The third-order valence-corrected chi connectivity index (χ3v) is 2.67. The van der Waals surface area contributed by atoms with Gasteiger partial charge in [-0.3, -0.25) is 0 Å². The van der Waals surface area contributed by atoms with Crippen molar-refractivity contribution in [2.75, 3.05) is 13.6 Å². The number of benzene rings is 1. The molecule has 94 valence electrons. The molecule has 4 heteroatoms. The van der Waals surface area contributed by atoms with E-state index in [1.807, 2.05) is 7.05 Å². The predicted molar refractivity (Wildman–Crippen MR) is 73.5 cm³/mol. The lowest BCUT2D eigenvalue weighted by Crippen LogP contribution is -2.24. The highest BCUT2D eigenvalue weighted by Gasteiger charge is 2.10. The molecule has 0 saturated heterocycles. The van der Waals surface area contributed by atoms with Crippen LogP contribution in [0.1, 0.15) is 25.0 Å². The standard InChI is InChI=1S/C13H19FN2S/c1-9(2)7-16(3)8-10-6-11(14)4-5-12(10)13(15)17/h4-6,9H,7-8H2,1-3H3,(H2,15,17). The van der Waals surface area contributed by atoms with Crippen LogP contribution >= 0.6 is 12.2 Å². The molecule has 1 aromatic carbocycles. The number of nitrogens with two attached hydrogens (primary N) is 1. The van der Waals surface area contributed by atoms with Gasteiger partial charge in [-0.05, 0) is 36.7 Å². The summed E-state index contributed by atoms with van der Waals surface area (Å²) < 4.78 is 13.2. The molecule has 0 amide bonds. The van der Waals surface area contributed by atoms with E-state index < -0.39 is 0 Å². The molecule has 1 rings (SSSR count). The van der Waals surface area contributed by atoms with Crippen molar-refractivity contribution in [3.05, 3.63) is 35.1 Å². The van der Waals surface area contributed by atoms with Crippen molar-refractivity contribution >= 4 is 17.2 Å². The van der Waals surface area contributed by atoms with Crippen molar-refractivity contribution in [2.24, 2.45) is 11.7 Å². The van der Waals surface area contributed by atoms with Crippen molar-refractivity contribution in [3.8, 4) is 0 Å². The summed E-state index contributed by atoms with van der Waals surface area (Å²) in [6, 6.07) is 4.54. The largest absolute Gasteiger partial charge is 0.389 e. The third-order valence-electron chi connectivity index (χ3n) is 2.45. The number of rotatable bonds is 5. The highest BCUT2D eigenvalue weighted by atomic mass is 32.1. The Bertz CT molecular complexity index is 404. The molecule has 0 unspecified atom stereocenters. The lowest BCUT2D eigenvalue weighted by Gasteiger charge is -2.20. The molecular weight excluding hydrogens is 235 g/mol. The Morgan fingerprint density at radius 3 is 2.65 bits per heavy atom. The zero-order valence-electron chi connectivity index (χ0n) is 10.5. The molecule has 17 heavy (non-hydrogen) atoms. The van der Waals surface area contributed by atoms with Gasteiger partial charge in [-0.15, -0.1) is 0 Å².